The summed E-state index contributed by atoms with van der Waals surface area (Å²) >= 11 is 0. The van der Waals surface area contributed by atoms with Crippen LogP contribution in [0.3, 0.4) is 0 Å². The zero-order valence-corrected chi connectivity index (χ0v) is 20.9. The number of para-hydroxylation sites is 1. The predicted octanol–water partition coefficient (Wildman–Crippen LogP) is 4.28. The summed E-state index contributed by atoms with van der Waals surface area (Å²) in [5, 5.41) is 14.3. The standard InChI is InChI=1S/C29H22N6O4/c1-18(36)39-24-12-13-27-21(14-24)15-25(29(37)31-27)28-32-34-35(33-28)16-19-6-10-23(11-7-19)38-17-22-9-8-20-4-2-3-5-26(20)30-22/h2-15H,16-17H2,1H3,(H,31,37). The third-order valence-corrected chi connectivity index (χ3v) is 6.06. The molecular weight excluding hydrogens is 496 g/mol. The number of esters is 1. The third-order valence-electron chi connectivity index (χ3n) is 6.06. The highest BCUT2D eigenvalue weighted by molar-refractivity contribution is 5.84. The van der Waals surface area contributed by atoms with Gasteiger partial charge in [-0.15, -0.1) is 10.2 Å². The van der Waals surface area contributed by atoms with Crippen LogP contribution in [0.2, 0.25) is 0 Å². The van der Waals surface area contributed by atoms with Crippen molar-refractivity contribution in [3.8, 4) is 22.9 Å². The Kier molecular flexibility index (Phi) is 6.26. The van der Waals surface area contributed by atoms with Crippen LogP contribution in [-0.2, 0) is 17.9 Å². The molecule has 0 aliphatic carbocycles. The quantitative estimate of drug-likeness (QED) is 0.245. The topological polar surface area (TPSA) is 125 Å². The van der Waals surface area contributed by atoms with Crippen LogP contribution in [0.4, 0.5) is 0 Å². The molecule has 192 valence electrons. The average molecular weight is 519 g/mol. The largest absolute Gasteiger partial charge is 0.487 e. The molecule has 39 heavy (non-hydrogen) atoms. The van der Waals surface area contributed by atoms with Crippen molar-refractivity contribution in [2.45, 2.75) is 20.1 Å². The maximum absolute atomic E-state index is 12.7. The Labute approximate surface area is 221 Å². The number of aromatic nitrogens is 6. The molecule has 0 fully saturated rings. The molecule has 6 aromatic rings. The zero-order chi connectivity index (χ0) is 26.8. The molecule has 0 amide bonds. The molecule has 10 heteroatoms. The highest BCUT2D eigenvalue weighted by Crippen LogP contribution is 2.22. The van der Waals surface area contributed by atoms with E-state index in [1.54, 1.807) is 24.3 Å². The molecule has 3 aromatic heterocycles. The Hall–Kier alpha value is -5.38. The summed E-state index contributed by atoms with van der Waals surface area (Å²) < 4.78 is 11.0. The van der Waals surface area contributed by atoms with Crippen LogP contribution in [0.25, 0.3) is 33.2 Å². The highest BCUT2D eigenvalue weighted by atomic mass is 16.5. The van der Waals surface area contributed by atoms with Gasteiger partial charge in [0.25, 0.3) is 5.56 Å². The Morgan fingerprint density at radius 1 is 0.923 bits per heavy atom. The lowest BCUT2D eigenvalue weighted by molar-refractivity contribution is -0.131. The first-order valence-electron chi connectivity index (χ1n) is 12.2. The van der Waals surface area contributed by atoms with E-state index in [1.807, 2.05) is 60.7 Å². The second-order valence-corrected chi connectivity index (χ2v) is 8.93. The molecule has 0 aliphatic rings. The van der Waals surface area contributed by atoms with Gasteiger partial charge in [-0.25, -0.2) is 4.98 Å². The molecule has 3 heterocycles. The molecule has 3 aromatic carbocycles. The number of carbonyl (C=O) groups excluding carboxylic acids is 1. The van der Waals surface area contributed by atoms with Gasteiger partial charge in [0, 0.05) is 23.2 Å². The second kappa shape index (κ2) is 10.2. The van der Waals surface area contributed by atoms with E-state index in [4.69, 9.17) is 9.47 Å². The van der Waals surface area contributed by atoms with Crippen molar-refractivity contribution in [2.24, 2.45) is 0 Å². The molecule has 0 saturated carbocycles. The van der Waals surface area contributed by atoms with Gasteiger partial charge >= 0.3 is 5.97 Å². The zero-order valence-electron chi connectivity index (χ0n) is 20.9. The molecule has 0 aliphatic heterocycles. The summed E-state index contributed by atoms with van der Waals surface area (Å²) in [4.78, 5) is 32.8. The van der Waals surface area contributed by atoms with Crippen molar-refractivity contribution in [1.82, 2.24) is 30.2 Å². The number of carbonyl (C=O) groups is 1. The smallest absolute Gasteiger partial charge is 0.308 e. The molecular formula is C29H22N6O4. The monoisotopic (exact) mass is 518 g/mol. The minimum atomic E-state index is -0.426. The molecule has 0 radical (unpaired) electrons. The summed E-state index contributed by atoms with van der Waals surface area (Å²) in [5.41, 5.74) is 3.25. The Balaban J connectivity index is 1.13. The van der Waals surface area contributed by atoms with E-state index in [2.05, 4.69) is 25.4 Å². The van der Waals surface area contributed by atoms with Gasteiger partial charge in [-0.3, -0.25) is 9.59 Å². The van der Waals surface area contributed by atoms with Crippen molar-refractivity contribution in [3.63, 3.8) is 0 Å². The molecule has 1 N–H and O–H groups in total. The fraction of sp³-hybridized carbons (Fsp3) is 0.103. The number of rotatable bonds is 7. The second-order valence-electron chi connectivity index (χ2n) is 8.93. The van der Waals surface area contributed by atoms with E-state index in [1.165, 1.54) is 11.7 Å². The van der Waals surface area contributed by atoms with Crippen LogP contribution in [0.1, 0.15) is 18.2 Å². The molecule has 6 rings (SSSR count). The fourth-order valence-electron chi connectivity index (χ4n) is 4.20. The molecule has 0 saturated heterocycles. The summed E-state index contributed by atoms with van der Waals surface area (Å²) in [5.74, 6) is 0.867. The minimum Gasteiger partial charge on any atom is -0.487 e. The first-order valence-corrected chi connectivity index (χ1v) is 12.2. The Morgan fingerprint density at radius 3 is 2.59 bits per heavy atom. The van der Waals surface area contributed by atoms with Gasteiger partial charge in [-0.1, -0.05) is 36.4 Å². The number of H-pyrrole nitrogens is 1. The number of hydrogen-bond acceptors (Lipinski definition) is 8. The first-order chi connectivity index (χ1) is 19.0. The van der Waals surface area contributed by atoms with E-state index in [-0.39, 0.29) is 16.9 Å². The molecule has 0 bridgehead atoms. The maximum Gasteiger partial charge on any atom is 0.308 e. The summed E-state index contributed by atoms with van der Waals surface area (Å²) in [6.45, 7) is 2.05. The van der Waals surface area contributed by atoms with Crippen LogP contribution < -0.4 is 15.0 Å². The van der Waals surface area contributed by atoms with Crippen molar-refractivity contribution >= 4 is 27.8 Å². The number of benzene rings is 3. The van der Waals surface area contributed by atoms with Crippen molar-refractivity contribution in [3.05, 3.63) is 107 Å². The van der Waals surface area contributed by atoms with E-state index in [9.17, 15) is 9.59 Å². The number of hydrogen-bond donors (Lipinski definition) is 1. The lowest BCUT2D eigenvalue weighted by atomic mass is 10.1. The normalized spacial score (nSPS) is 11.1. The van der Waals surface area contributed by atoms with Crippen molar-refractivity contribution in [2.75, 3.05) is 0 Å². The maximum atomic E-state index is 12.7. The van der Waals surface area contributed by atoms with E-state index in [0.29, 0.717) is 29.8 Å². The highest BCUT2D eigenvalue weighted by Gasteiger charge is 2.13. The number of ether oxygens (including phenoxy) is 2. The van der Waals surface area contributed by atoms with E-state index in [0.717, 1.165) is 27.9 Å². The number of nitrogens with zero attached hydrogens (tertiary/aromatic N) is 5. The SMILES string of the molecule is CC(=O)Oc1ccc2[nH]c(=O)c(-c3nnn(Cc4ccc(OCc5ccc6ccccc6n5)cc4)n3)cc2c1. The van der Waals surface area contributed by atoms with Crippen molar-refractivity contribution in [1.29, 1.82) is 0 Å². The first kappa shape index (κ1) is 24.0. The van der Waals surface area contributed by atoms with Crippen LogP contribution in [0, 0.1) is 0 Å². The Morgan fingerprint density at radius 2 is 1.74 bits per heavy atom. The van der Waals surface area contributed by atoms with Gasteiger partial charge in [0.1, 0.15) is 18.1 Å². The van der Waals surface area contributed by atoms with Crippen LogP contribution in [-0.4, -0.2) is 36.1 Å². The van der Waals surface area contributed by atoms with E-state index >= 15 is 0 Å². The number of tetrazole rings is 1. The Bertz CT molecular complexity index is 1880. The lowest BCUT2D eigenvalue weighted by Gasteiger charge is -2.07. The van der Waals surface area contributed by atoms with Gasteiger partial charge in [-0.05, 0) is 59.3 Å². The minimum absolute atomic E-state index is 0.193. The lowest BCUT2D eigenvalue weighted by Crippen LogP contribution is -2.10. The number of fused-ring (bicyclic) bond motifs is 2. The van der Waals surface area contributed by atoms with Gasteiger partial charge < -0.3 is 14.5 Å². The number of pyridine rings is 2. The molecule has 0 atom stereocenters. The van der Waals surface area contributed by atoms with Crippen molar-refractivity contribution < 1.29 is 14.3 Å². The molecule has 10 nitrogen and oxygen atoms in total. The predicted molar refractivity (Wildman–Crippen MR) is 144 cm³/mol. The van der Waals surface area contributed by atoms with Crippen LogP contribution in [0.15, 0.2) is 89.7 Å². The number of aromatic amines is 1. The molecule has 0 spiro atoms. The van der Waals surface area contributed by atoms with E-state index < -0.39 is 5.97 Å². The molecule has 0 unspecified atom stereocenters. The number of nitrogens with one attached hydrogen (secondary N) is 1. The third kappa shape index (κ3) is 5.35. The van der Waals surface area contributed by atoms with Gasteiger partial charge in [0.2, 0.25) is 5.82 Å². The average Bonchev–Trinajstić information content (AvgIpc) is 3.40. The summed E-state index contributed by atoms with van der Waals surface area (Å²) in [7, 11) is 0. The van der Waals surface area contributed by atoms with Gasteiger partial charge in [0.15, 0.2) is 0 Å². The van der Waals surface area contributed by atoms with Crippen LogP contribution in [0.5, 0.6) is 11.5 Å². The van der Waals surface area contributed by atoms with Gasteiger partial charge in [-0.2, -0.15) is 4.80 Å². The fourth-order valence-corrected chi connectivity index (χ4v) is 4.20. The summed E-state index contributed by atoms with van der Waals surface area (Å²) in [6.07, 6.45) is 0. The van der Waals surface area contributed by atoms with Gasteiger partial charge in [0.05, 0.1) is 23.3 Å². The van der Waals surface area contributed by atoms with Crippen LogP contribution >= 0.6 is 0 Å². The summed E-state index contributed by atoms with van der Waals surface area (Å²) in [6, 6.07) is 26.2.